The highest BCUT2D eigenvalue weighted by Gasteiger charge is 2.16. The van der Waals surface area contributed by atoms with Crippen molar-refractivity contribution in [3.63, 3.8) is 0 Å². The van der Waals surface area contributed by atoms with E-state index in [-0.39, 0.29) is 5.91 Å². The van der Waals surface area contributed by atoms with E-state index in [0.29, 0.717) is 18.1 Å². The molecule has 0 N–H and O–H groups in total. The van der Waals surface area contributed by atoms with E-state index < -0.39 is 0 Å². The van der Waals surface area contributed by atoms with Crippen LogP contribution < -0.4 is 9.64 Å². The fourth-order valence-corrected chi connectivity index (χ4v) is 2.59. The van der Waals surface area contributed by atoms with Gasteiger partial charge in [-0.1, -0.05) is 0 Å². The molecule has 0 unspecified atom stereocenters. The van der Waals surface area contributed by atoms with Crippen molar-refractivity contribution in [2.75, 3.05) is 18.6 Å². The van der Waals surface area contributed by atoms with Crippen molar-refractivity contribution >= 4 is 17.4 Å². The van der Waals surface area contributed by atoms with Gasteiger partial charge < -0.3 is 9.64 Å². The molecule has 2 heterocycles. The van der Waals surface area contributed by atoms with Crippen LogP contribution in [0.4, 0.5) is 5.69 Å². The molecule has 0 radical (unpaired) electrons. The van der Waals surface area contributed by atoms with E-state index in [1.165, 1.54) is 0 Å². The molecule has 23 heavy (non-hydrogen) atoms. The van der Waals surface area contributed by atoms with Gasteiger partial charge in [-0.25, -0.2) is 9.97 Å². The van der Waals surface area contributed by atoms with E-state index in [1.807, 2.05) is 48.0 Å². The summed E-state index contributed by atoms with van der Waals surface area (Å²) >= 11 is 0. The van der Waals surface area contributed by atoms with Crippen LogP contribution >= 0.6 is 0 Å². The number of amides is 1. The second kappa shape index (κ2) is 6.08. The molecular weight excluding hydrogens is 292 g/mol. The maximum absolute atomic E-state index is 11.9. The molecule has 0 saturated heterocycles. The molecule has 0 saturated carbocycles. The third kappa shape index (κ3) is 2.75. The van der Waals surface area contributed by atoms with E-state index >= 15 is 0 Å². The zero-order chi connectivity index (χ0) is 16.4. The quantitative estimate of drug-likeness (QED) is 0.743. The molecule has 2 aromatic heterocycles. The van der Waals surface area contributed by atoms with E-state index in [4.69, 9.17) is 4.74 Å². The number of ether oxygens (including phenoxy) is 1. The van der Waals surface area contributed by atoms with Gasteiger partial charge in [0.2, 0.25) is 11.7 Å². The summed E-state index contributed by atoms with van der Waals surface area (Å²) < 4.78 is 7.26. The Hall–Kier alpha value is -2.89. The molecule has 3 aromatic rings. The second-order valence-corrected chi connectivity index (χ2v) is 5.10. The summed E-state index contributed by atoms with van der Waals surface area (Å²) in [5, 5.41) is 0. The molecule has 118 valence electrons. The topological polar surface area (TPSA) is 59.7 Å². The van der Waals surface area contributed by atoms with E-state index in [1.54, 1.807) is 25.1 Å². The number of rotatable bonds is 4. The molecule has 0 spiro atoms. The standard InChI is InChI=1S/C17H18N4O2/c1-4-21(12(2)22)15-10-13(6-7-16(15)23-3)14-11-20-9-5-8-18-17(20)19-14/h5-11H,4H2,1-3H3. The number of carbonyl (C=O) groups is 1. The Morgan fingerprint density at radius 2 is 2.22 bits per heavy atom. The smallest absolute Gasteiger partial charge is 0.234 e. The summed E-state index contributed by atoms with van der Waals surface area (Å²) in [5.74, 6) is 1.27. The molecule has 3 rings (SSSR count). The molecule has 0 aliphatic rings. The minimum absolute atomic E-state index is 0.0281. The van der Waals surface area contributed by atoms with Crippen molar-refractivity contribution in [2.45, 2.75) is 13.8 Å². The summed E-state index contributed by atoms with van der Waals surface area (Å²) in [6.45, 7) is 4.05. The van der Waals surface area contributed by atoms with Gasteiger partial charge in [-0.15, -0.1) is 0 Å². The van der Waals surface area contributed by atoms with Crippen LogP contribution in [0.25, 0.3) is 17.0 Å². The maximum Gasteiger partial charge on any atom is 0.234 e. The van der Waals surface area contributed by atoms with Crippen LogP contribution in [0.15, 0.2) is 42.9 Å². The first kappa shape index (κ1) is 15.0. The van der Waals surface area contributed by atoms with Gasteiger partial charge in [-0.2, -0.15) is 0 Å². The van der Waals surface area contributed by atoms with E-state index in [9.17, 15) is 4.79 Å². The van der Waals surface area contributed by atoms with Crippen LogP contribution in [0.1, 0.15) is 13.8 Å². The van der Waals surface area contributed by atoms with Crippen molar-refractivity contribution in [1.29, 1.82) is 0 Å². The van der Waals surface area contributed by atoms with Gasteiger partial charge in [0.15, 0.2) is 0 Å². The molecule has 0 aliphatic heterocycles. The highest BCUT2D eigenvalue weighted by molar-refractivity contribution is 5.94. The van der Waals surface area contributed by atoms with Gasteiger partial charge >= 0.3 is 0 Å². The predicted molar refractivity (Wildman–Crippen MR) is 88.7 cm³/mol. The monoisotopic (exact) mass is 310 g/mol. The molecule has 1 aromatic carbocycles. The number of imidazole rings is 1. The maximum atomic E-state index is 11.9. The Kier molecular flexibility index (Phi) is 3.97. The summed E-state index contributed by atoms with van der Waals surface area (Å²) in [6.07, 6.45) is 5.52. The molecule has 6 nitrogen and oxygen atoms in total. The number of hydrogen-bond donors (Lipinski definition) is 0. The predicted octanol–water partition coefficient (Wildman–Crippen LogP) is 2.78. The number of hydrogen-bond acceptors (Lipinski definition) is 4. The molecule has 6 heteroatoms. The third-order valence-corrected chi connectivity index (χ3v) is 3.70. The highest BCUT2D eigenvalue weighted by Crippen LogP contribution is 2.33. The Bertz CT molecular complexity index is 824. The minimum Gasteiger partial charge on any atom is -0.495 e. The van der Waals surface area contributed by atoms with Crippen LogP contribution in [-0.2, 0) is 4.79 Å². The van der Waals surface area contributed by atoms with Crippen molar-refractivity contribution in [2.24, 2.45) is 0 Å². The first-order valence-electron chi connectivity index (χ1n) is 7.40. The number of aromatic nitrogens is 3. The van der Waals surface area contributed by atoms with Gasteiger partial charge in [0.25, 0.3) is 0 Å². The largest absolute Gasteiger partial charge is 0.495 e. The zero-order valence-electron chi connectivity index (χ0n) is 13.4. The van der Waals surface area contributed by atoms with Crippen LogP contribution in [0.3, 0.4) is 0 Å². The number of methoxy groups -OCH3 is 1. The number of nitrogens with zero attached hydrogens (tertiary/aromatic N) is 4. The van der Waals surface area contributed by atoms with Crippen LogP contribution in [0, 0.1) is 0 Å². The Morgan fingerprint density at radius 3 is 2.87 bits per heavy atom. The lowest BCUT2D eigenvalue weighted by molar-refractivity contribution is -0.116. The van der Waals surface area contributed by atoms with Gasteiger partial charge in [-0.3, -0.25) is 9.20 Å². The SMILES string of the molecule is CCN(C(C)=O)c1cc(-c2cn3cccnc3n2)ccc1OC. The Labute approximate surface area is 134 Å². The summed E-state index contributed by atoms with van der Waals surface area (Å²) in [7, 11) is 1.60. The van der Waals surface area contributed by atoms with E-state index in [2.05, 4.69) is 9.97 Å². The molecule has 0 fully saturated rings. The van der Waals surface area contributed by atoms with Crippen molar-refractivity contribution < 1.29 is 9.53 Å². The number of fused-ring (bicyclic) bond motifs is 1. The van der Waals surface area contributed by atoms with Crippen LogP contribution in [0.5, 0.6) is 5.75 Å². The van der Waals surface area contributed by atoms with Crippen molar-refractivity contribution in [3.05, 3.63) is 42.9 Å². The van der Waals surface area contributed by atoms with Crippen LogP contribution in [0.2, 0.25) is 0 Å². The van der Waals surface area contributed by atoms with Crippen molar-refractivity contribution in [1.82, 2.24) is 14.4 Å². The summed E-state index contributed by atoms with van der Waals surface area (Å²) in [6, 6.07) is 7.56. The normalized spacial score (nSPS) is 10.7. The molecular formula is C17H18N4O2. The molecule has 0 bridgehead atoms. The lowest BCUT2D eigenvalue weighted by atomic mass is 10.1. The Morgan fingerprint density at radius 1 is 1.39 bits per heavy atom. The fourth-order valence-electron chi connectivity index (χ4n) is 2.59. The number of benzene rings is 1. The van der Waals surface area contributed by atoms with Gasteiger partial charge in [-0.05, 0) is 31.2 Å². The first-order chi connectivity index (χ1) is 11.1. The van der Waals surface area contributed by atoms with Gasteiger partial charge in [0, 0.05) is 37.6 Å². The number of anilines is 1. The summed E-state index contributed by atoms with van der Waals surface area (Å²) in [5.41, 5.74) is 2.45. The van der Waals surface area contributed by atoms with Crippen molar-refractivity contribution in [3.8, 4) is 17.0 Å². The zero-order valence-corrected chi connectivity index (χ0v) is 13.4. The minimum atomic E-state index is -0.0281. The van der Waals surface area contributed by atoms with Gasteiger partial charge in [0.1, 0.15) is 5.75 Å². The van der Waals surface area contributed by atoms with Crippen LogP contribution in [-0.4, -0.2) is 33.9 Å². The Balaban J connectivity index is 2.11. The van der Waals surface area contributed by atoms with E-state index in [0.717, 1.165) is 16.9 Å². The lowest BCUT2D eigenvalue weighted by Gasteiger charge is -2.22. The second-order valence-electron chi connectivity index (χ2n) is 5.10. The summed E-state index contributed by atoms with van der Waals surface area (Å²) in [4.78, 5) is 22.3. The average molecular weight is 310 g/mol. The molecule has 1 amide bonds. The third-order valence-electron chi connectivity index (χ3n) is 3.70. The first-order valence-corrected chi connectivity index (χ1v) is 7.40. The number of carbonyl (C=O) groups excluding carboxylic acids is 1. The lowest BCUT2D eigenvalue weighted by Crippen LogP contribution is -2.28. The highest BCUT2D eigenvalue weighted by atomic mass is 16.5. The fraction of sp³-hybridized carbons (Fsp3) is 0.235. The molecule has 0 atom stereocenters. The molecule has 0 aliphatic carbocycles. The average Bonchev–Trinajstić information content (AvgIpc) is 2.99. The van der Waals surface area contributed by atoms with Gasteiger partial charge in [0.05, 0.1) is 18.5 Å².